The second-order valence-corrected chi connectivity index (χ2v) is 13.4. The highest BCUT2D eigenvalue weighted by molar-refractivity contribution is 5.90. The number of hydrogen-bond donors (Lipinski definition) is 3. The Kier molecular flexibility index (Phi) is 7.65. The molecule has 3 aliphatic rings. The molecule has 1 unspecified atom stereocenters. The molecule has 224 valence electrons. The third-order valence-electron chi connectivity index (χ3n) is 8.86. The Labute approximate surface area is 245 Å². The van der Waals surface area contributed by atoms with Crippen LogP contribution in [0.25, 0.3) is 11.4 Å². The molecule has 1 saturated heterocycles. The molecule has 3 fully saturated rings. The third-order valence-corrected chi connectivity index (χ3v) is 8.86. The summed E-state index contributed by atoms with van der Waals surface area (Å²) in [6, 6.07) is 8.04. The van der Waals surface area contributed by atoms with E-state index in [0.29, 0.717) is 25.3 Å². The van der Waals surface area contributed by atoms with E-state index in [1.807, 2.05) is 63.5 Å². The first-order valence-corrected chi connectivity index (χ1v) is 15.0. The van der Waals surface area contributed by atoms with Gasteiger partial charge in [0.25, 0.3) is 0 Å². The Balaban J connectivity index is 1.13. The van der Waals surface area contributed by atoms with Gasteiger partial charge in [0.1, 0.15) is 17.9 Å². The molecule has 0 bridgehead atoms. The van der Waals surface area contributed by atoms with Gasteiger partial charge in [0, 0.05) is 49.6 Å². The number of hydrogen-bond acceptors (Lipinski definition) is 7. The van der Waals surface area contributed by atoms with Crippen molar-refractivity contribution in [1.82, 2.24) is 34.8 Å². The summed E-state index contributed by atoms with van der Waals surface area (Å²) < 4.78 is 3.72. The van der Waals surface area contributed by atoms with Gasteiger partial charge >= 0.3 is 0 Å². The predicted molar refractivity (Wildman–Crippen MR) is 155 cm³/mol. The molecular weight excluding hydrogens is 534 g/mol. The Bertz CT molecular complexity index is 1410. The monoisotopic (exact) mass is 575 g/mol. The number of imidazole rings is 1. The van der Waals surface area contributed by atoms with E-state index < -0.39 is 35.7 Å². The van der Waals surface area contributed by atoms with Crippen LogP contribution in [0.1, 0.15) is 70.5 Å². The van der Waals surface area contributed by atoms with Gasteiger partial charge in [-0.15, -0.1) is 5.10 Å². The number of carbonyl (C=O) groups excluding carboxylic acids is 2. The van der Waals surface area contributed by atoms with Crippen LogP contribution in [0, 0.1) is 11.3 Å². The van der Waals surface area contributed by atoms with Crippen LogP contribution in [0.15, 0.2) is 48.9 Å². The van der Waals surface area contributed by atoms with Crippen molar-refractivity contribution >= 4 is 11.8 Å². The highest BCUT2D eigenvalue weighted by Gasteiger charge is 2.46. The molecular formula is C31H41N7O4. The molecule has 0 radical (unpaired) electrons. The topological polar surface area (TPSA) is 138 Å². The summed E-state index contributed by atoms with van der Waals surface area (Å²) >= 11 is 0. The van der Waals surface area contributed by atoms with Crippen molar-refractivity contribution in [3.8, 4) is 11.4 Å². The summed E-state index contributed by atoms with van der Waals surface area (Å²) in [5.74, 6) is 0.817. The van der Waals surface area contributed by atoms with E-state index >= 15 is 0 Å². The lowest BCUT2D eigenvalue weighted by Crippen LogP contribution is -2.53. The average Bonchev–Trinajstić information content (AvgIpc) is 3.24. The Morgan fingerprint density at radius 3 is 2.57 bits per heavy atom. The van der Waals surface area contributed by atoms with Gasteiger partial charge in [-0.2, -0.15) is 0 Å². The van der Waals surface area contributed by atoms with Crippen LogP contribution in [0.4, 0.5) is 0 Å². The standard InChI is InChI=1S/C31H41N7O4/c1-31(2,3)27(38-18-24(34-35-38)20-9-10-20)30(42)37-17-22(39)15-25(37)29(41)33-23-13-19(14-26(23)40)16-36-12-11-32-28(36)21-7-5-4-6-8-21/h4-8,11-12,18-20,22-23,25-27,39-40H,9-10,13-17H2,1-3H3,(H,33,41)/t19?,22-,23-,25+,26-,27-/m1/s1. The summed E-state index contributed by atoms with van der Waals surface area (Å²) in [4.78, 5) is 33.6. The van der Waals surface area contributed by atoms with Crippen LogP contribution in [0.3, 0.4) is 0 Å². The van der Waals surface area contributed by atoms with E-state index in [2.05, 4.69) is 25.2 Å². The number of benzene rings is 1. The van der Waals surface area contributed by atoms with E-state index in [1.54, 1.807) is 10.9 Å². The number of carbonyl (C=O) groups is 2. The van der Waals surface area contributed by atoms with Crippen LogP contribution in [-0.2, 0) is 16.1 Å². The second-order valence-electron chi connectivity index (χ2n) is 13.4. The van der Waals surface area contributed by atoms with Crippen LogP contribution in [0.5, 0.6) is 0 Å². The van der Waals surface area contributed by atoms with Gasteiger partial charge in [0.2, 0.25) is 11.8 Å². The van der Waals surface area contributed by atoms with Gasteiger partial charge in [0.15, 0.2) is 0 Å². The molecule has 11 nitrogen and oxygen atoms in total. The van der Waals surface area contributed by atoms with Crippen molar-refractivity contribution in [2.24, 2.45) is 11.3 Å². The average molecular weight is 576 g/mol. The fourth-order valence-electron chi connectivity index (χ4n) is 6.61. The van der Waals surface area contributed by atoms with Crippen molar-refractivity contribution in [1.29, 1.82) is 0 Å². The molecule has 6 atom stereocenters. The summed E-state index contributed by atoms with van der Waals surface area (Å²) in [6.45, 7) is 6.65. The lowest BCUT2D eigenvalue weighted by atomic mass is 9.85. The Morgan fingerprint density at radius 1 is 1.10 bits per heavy atom. The quantitative estimate of drug-likeness (QED) is 0.375. The molecule has 0 spiro atoms. The van der Waals surface area contributed by atoms with Gasteiger partial charge in [-0.25, -0.2) is 9.67 Å². The molecule has 42 heavy (non-hydrogen) atoms. The van der Waals surface area contributed by atoms with Gasteiger partial charge in [-0.3, -0.25) is 9.59 Å². The van der Waals surface area contributed by atoms with E-state index in [0.717, 1.165) is 29.9 Å². The molecule has 2 aliphatic carbocycles. The maximum absolute atomic E-state index is 14.0. The molecule has 2 saturated carbocycles. The molecule has 1 aliphatic heterocycles. The molecule has 2 amide bonds. The number of rotatable bonds is 8. The summed E-state index contributed by atoms with van der Waals surface area (Å²) in [6.07, 6.45) is 7.55. The minimum Gasteiger partial charge on any atom is -0.391 e. The molecule has 2 aromatic heterocycles. The van der Waals surface area contributed by atoms with Crippen molar-refractivity contribution in [3.05, 3.63) is 54.6 Å². The fourth-order valence-corrected chi connectivity index (χ4v) is 6.61. The van der Waals surface area contributed by atoms with Crippen LogP contribution in [-0.4, -0.2) is 82.3 Å². The van der Waals surface area contributed by atoms with Crippen LogP contribution in [0.2, 0.25) is 0 Å². The molecule has 11 heteroatoms. The number of amides is 2. The predicted octanol–water partition coefficient (Wildman–Crippen LogP) is 2.52. The smallest absolute Gasteiger partial charge is 0.248 e. The van der Waals surface area contributed by atoms with Gasteiger partial charge < -0.3 is 25.0 Å². The lowest BCUT2D eigenvalue weighted by molar-refractivity contribution is -0.144. The molecule has 6 rings (SSSR count). The normalized spacial score (nSPS) is 26.9. The zero-order valence-electron chi connectivity index (χ0n) is 24.5. The van der Waals surface area contributed by atoms with E-state index in [9.17, 15) is 19.8 Å². The molecule has 3 heterocycles. The van der Waals surface area contributed by atoms with Crippen molar-refractivity contribution < 1.29 is 19.8 Å². The number of aromatic nitrogens is 5. The van der Waals surface area contributed by atoms with Crippen LogP contribution >= 0.6 is 0 Å². The zero-order valence-corrected chi connectivity index (χ0v) is 24.5. The van der Waals surface area contributed by atoms with E-state index in [4.69, 9.17) is 0 Å². The molecule has 3 aromatic rings. The first kappa shape index (κ1) is 28.5. The minimum absolute atomic E-state index is 0.0758. The van der Waals surface area contributed by atoms with Gasteiger partial charge in [0.05, 0.1) is 23.9 Å². The van der Waals surface area contributed by atoms with Crippen molar-refractivity contribution in [3.63, 3.8) is 0 Å². The zero-order chi connectivity index (χ0) is 29.6. The maximum atomic E-state index is 14.0. The number of likely N-dealkylation sites (tertiary alicyclic amines) is 1. The maximum Gasteiger partial charge on any atom is 0.248 e. The van der Waals surface area contributed by atoms with Gasteiger partial charge in [-0.1, -0.05) is 56.3 Å². The number of nitrogens with zero attached hydrogens (tertiary/aromatic N) is 6. The number of β-amino-alcohol motifs (C(OH)–C–C–N with tert-alkyl or cyclic N) is 1. The highest BCUT2D eigenvalue weighted by atomic mass is 16.3. The minimum atomic E-state index is -0.826. The first-order valence-electron chi connectivity index (χ1n) is 15.0. The number of aliphatic hydroxyl groups is 2. The van der Waals surface area contributed by atoms with Crippen molar-refractivity contribution in [2.45, 2.75) is 95.7 Å². The fraction of sp³-hybridized carbons (Fsp3) is 0.581. The lowest BCUT2D eigenvalue weighted by Gasteiger charge is -2.35. The summed E-state index contributed by atoms with van der Waals surface area (Å²) in [5, 5.41) is 33.1. The SMILES string of the molecule is CC(C)(C)[C@@H](C(=O)N1C[C@H](O)C[C@H]1C(=O)N[C@@H]1CC(Cn2ccnc2-c2ccccc2)C[C@H]1O)n1cc(C2CC2)nn1. The summed E-state index contributed by atoms with van der Waals surface area (Å²) in [5.41, 5.74) is 1.42. The molecule has 3 N–H and O–H groups in total. The molecule has 1 aromatic carbocycles. The van der Waals surface area contributed by atoms with E-state index in [-0.39, 0.29) is 30.7 Å². The second kappa shape index (κ2) is 11.3. The third kappa shape index (κ3) is 5.85. The largest absolute Gasteiger partial charge is 0.391 e. The highest BCUT2D eigenvalue weighted by Crippen LogP contribution is 2.40. The Hall–Kier alpha value is -3.57. The van der Waals surface area contributed by atoms with E-state index in [1.165, 1.54) is 4.90 Å². The van der Waals surface area contributed by atoms with Gasteiger partial charge in [-0.05, 0) is 37.0 Å². The van der Waals surface area contributed by atoms with Crippen LogP contribution < -0.4 is 5.32 Å². The first-order chi connectivity index (χ1) is 20.1. The number of aliphatic hydroxyl groups excluding tert-OH is 2. The van der Waals surface area contributed by atoms with Crippen molar-refractivity contribution in [2.75, 3.05) is 6.54 Å². The Morgan fingerprint density at radius 2 is 1.86 bits per heavy atom. The summed E-state index contributed by atoms with van der Waals surface area (Å²) in [7, 11) is 0. The number of nitrogens with one attached hydrogen (secondary N) is 1.